The monoisotopic (exact) mass is 141 g/mol. The van der Waals surface area contributed by atoms with E-state index in [0.717, 1.165) is 0 Å². The molecule has 1 atom stereocenters. The first-order valence-corrected chi connectivity index (χ1v) is 3.22. The Labute approximate surface area is 59.9 Å². The molecule has 1 fully saturated rings. The second-order valence-electron chi connectivity index (χ2n) is 2.61. The van der Waals surface area contributed by atoms with Gasteiger partial charge in [-0.1, -0.05) is 12.7 Å². The van der Waals surface area contributed by atoms with Gasteiger partial charge in [0.2, 0.25) is 0 Å². The average molecular weight is 141 g/mol. The summed E-state index contributed by atoms with van der Waals surface area (Å²) in [5.41, 5.74) is -1.28. The van der Waals surface area contributed by atoms with Gasteiger partial charge in [0.05, 0.1) is 0 Å². The minimum atomic E-state index is -1.28. The molecule has 1 saturated heterocycles. The summed E-state index contributed by atoms with van der Waals surface area (Å²) < 4.78 is 0. The van der Waals surface area contributed by atoms with Crippen molar-refractivity contribution in [1.29, 1.82) is 0 Å². The van der Waals surface area contributed by atoms with Gasteiger partial charge in [-0.25, -0.2) is 0 Å². The molecule has 0 aromatic carbocycles. The SMILES string of the molecule is C=C[C@]1(O)CCN(C)C1=O. The van der Waals surface area contributed by atoms with Gasteiger partial charge in [0.25, 0.3) is 5.91 Å². The molecule has 1 heterocycles. The predicted octanol–water partition coefficient (Wildman–Crippen LogP) is -0.234. The summed E-state index contributed by atoms with van der Waals surface area (Å²) in [6, 6.07) is 0. The predicted molar refractivity (Wildman–Crippen MR) is 37.4 cm³/mol. The van der Waals surface area contributed by atoms with E-state index in [9.17, 15) is 9.90 Å². The molecule has 0 aliphatic carbocycles. The molecule has 0 radical (unpaired) electrons. The van der Waals surface area contributed by atoms with E-state index in [0.29, 0.717) is 13.0 Å². The molecule has 1 aliphatic heterocycles. The van der Waals surface area contributed by atoms with E-state index in [1.54, 1.807) is 7.05 Å². The van der Waals surface area contributed by atoms with Crippen LogP contribution in [0.4, 0.5) is 0 Å². The Morgan fingerprint density at radius 3 is 2.70 bits per heavy atom. The van der Waals surface area contributed by atoms with Gasteiger partial charge >= 0.3 is 0 Å². The van der Waals surface area contributed by atoms with Crippen LogP contribution in [0, 0.1) is 0 Å². The van der Waals surface area contributed by atoms with E-state index in [4.69, 9.17) is 0 Å². The Bertz CT molecular complexity index is 178. The molecule has 0 aromatic rings. The van der Waals surface area contributed by atoms with E-state index < -0.39 is 5.60 Å². The van der Waals surface area contributed by atoms with Gasteiger partial charge in [-0.3, -0.25) is 4.79 Å². The maximum atomic E-state index is 11.1. The van der Waals surface area contributed by atoms with Crippen LogP contribution in [0.15, 0.2) is 12.7 Å². The van der Waals surface area contributed by atoms with Crippen molar-refractivity contribution in [2.75, 3.05) is 13.6 Å². The van der Waals surface area contributed by atoms with Gasteiger partial charge in [-0.15, -0.1) is 0 Å². The van der Waals surface area contributed by atoms with Crippen LogP contribution in [0.2, 0.25) is 0 Å². The van der Waals surface area contributed by atoms with Gasteiger partial charge < -0.3 is 10.0 Å². The highest BCUT2D eigenvalue weighted by Gasteiger charge is 2.40. The van der Waals surface area contributed by atoms with Crippen molar-refractivity contribution in [3.63, 3.8) is 0 Å². The number of likely N-dealkylation sites (tertiary alicyclic amines) is 1. The van der Waals surface area contributed by atoms with Crippen molar-refractivity contribution in [2.24, 2.45) is 0 Å². The fourth-order valence-corrected chi connectivity index (χ4v) is 1.07. The number of hydrogen-bond donors (Lipinski definition) is 1. The van der Waals surface area contributed by atoms with E-state index >= 15 is 0 Å². The van der Waals surface area contributed by atoms with Crippen LogP contribution in [0.25, 0.3) is 0 Å². The molecular weight excluding hydrogens is 130 g/mol. The third kappa shape index (κ3) is 0.827. The summed E-state index contributed by atoms with van der Waals surface area (Å²) in [6.45, 7) is 4.01. The molecular formula is C7H11NO2. The quantitative estimate of drug-likeness (QED) is 0.512. The lowest BCUT2D eigenvalue weighted by Crippen LogP contribution is -2.36. The normalized spacial score (nSPS) is 33.0. The van der Waals surface area contributed by atoms with Crippen LogP contribution >= 0.6 is 0 Å². The smallest absolute Gasteiger partial charge is 0.258 e. The second-order valence-corrected chi connectivity index (χ2v) is 2.61. The molecule has 0 bridgehead atoms. The molecule has 0 saturated carbocycles. The molecule has 1 rings (SSSR count). The topological polar surface area (TPSA) is 40.5 Å². The van der Waals surface area contributed by atoms with Gasteiger partial charge in [-0.2, -0.15) is 0 Å². The zero-order chi connectivity index (χ0) is 7.78. The van der Waals surface area contributed by atoms with Crippen molar-refractivity contribution in [3.8, 4) is 0 Å². The highest BCUT2D eigenvalue weighted by Crippen LogP contribution is 2.21. The van der Waals surface area contributed by atoms with Crippen LogP contribution in [0.5, 0.6) is 0 Å². The minimum absolute atomic E-state index is 0.248. The summed E-state index contributed by atoms with van der Waals surface area (Å²) in [5.74, 6) is -0.248. The van der Waals surface area contributed by atoms with Crippen LogP contribution in [0.3, 0.4) is 0 Å². The number of carbonyl (C=O) groups excluding carboxylic acids is 1. The summed E-state index contributed by atoms with van der Waals surface area (Å²) in [4.78, 5) is 12.6. The van der Waals surface area contributed by atoms with Crippen LogP contribution in [-0.2, 0) is 4.79 Å². The number of nitrogens with zero attached hydrogens (tertiary/aromatic N) is 1. The molecule has 1 amide bonds. The molecule has 0 spiro atoms. The molecule has 56 valence electrons. The van der Waals surface area contributed by atoms with Crippen molar-refractivity contribution >= 4 is 5.91 Å². The Morgan fingerprint density at radius 2 is 2.50 bits per heavy atom. The largest absolute Gasteiger partial charge is 0.376 e. The average Bonchev–Trinajstić information content (AvgIpc) is 2.19. The van der Waals surface area contributed by atoms with Crippen molar-refractivity contribution in [3.05, 3.63) is 12.7 Å². The number of aliphatic hydroxyl groups is 1. The fourth-order valence-electron chi connectivity index (χ4n) is 1.07. The van der Waals surface area contributed by atoms with Crippen molar-refractivity contribution < 1.29 is 9.90 Å². The van der Waals surface area contributed by atoms with Crippen molar-refractivity contribution in [2.45, 2.75) is 12.0 Å². The molecule has 3 nitrogen and oxygen atoms in total. The van der Waals surface area contributed by atoms with E-state index in [1.807, 2.05) is 0 Å². The number of hydrogen-bond acceptors (Lipinski definition) is 2. The molecule has 0 unspecified atom stereocenters. The Morgan fingerprint density at radius 1 is 1.90 bits per heavy atom. The first kappa shape index (κ1) is 7.28. The standard InChI is InChI=1S/C7H11NO2/c1-3-7(10)4-5-8(2)6(7)9/h3,10H,1,4-5H2,2H3/t7-/m0/s1. The first-order valence-electron chi connectivity index (χ1n) is 3.22. The second kappa shape index (κ2) is 2.09. The van der Waals surface area contributed by atoms with Gasteiger partial charge in [0.15, 0.2) is 5.60 Å². The zero-order valence-electron chi connectivity index (χ0n) is 6.00. The number of carbonyl (C=O) groups is 1. The van der Waals surface area contributed by atoms with Crippen LogP contribution < -0.4 is 0 Å². The Kier molecular flexibility index (Phi) is 1.52. The van der Waals surface area contributed by atoms with Crippen LogP contribution in [0.1, 0.15) is 6.42 Å². The van der Waals surface area contributed by atoms with Gasteiger partial charge in [0, 0.05) is 20.0 Å². The molecule has 0 aromatic heterocycles. The van der Waals surface area contributed by atoms with E-state index in [-0.39, 0.29) is 5.91 Å². The fraction of sp³-hybridized carbons (Fsp3) is 0.571. The highest BCUT2D eigenvalue weighted by atomic mass is 16.3. The third-order valence-corrected chi connectivity index (χ3v) is 1.88. The minimum Gasteiger partial charge on any atom is -0.376 e. The summed E-state index contributed by atoms with van der Waals surface area (Å²) >= 11 is 0. The lowest BCUT2D eigenvalue weighted by Gasteiger charge is -2.14. The number of amides is 1. The highest BCUT2D eigenvalue weighted by molar-refractivity contribution is 5.88. The van der Waals surface area contributed by atoms with Crippen LogP contribution in [-0.4, -0.2) is 35.1 Å². The molecule has 10 heavy (non-hydrogen) atoms. The maximum Gasteiger partial charge on any atom is 0.258 e. The Hall–Kier alpha value is -0.830. The van der Waals surface area contributed by atoms with Gasteiger partial charge in [0.1, 0.15) is 0 Å². The van der Waals surface area contributed by atoms with E-state index in [1.165, 1.54) is 11.0 Å². The summed E-state index contributed by atoms with van der Waals surface area (Å²) in [7, 11) is 1.67. The Balaban J connectivity index is 2.83. The van der Waals surface area contributed by atoms with Gasteiger partial charge in [-0.05, 0) is 0 Å². The third-order valence-electron chi connectivity index (χ3n) is 1.88. The first-order chi connectivity index (χ1) is 4.60. The molecule has 3 heteroatoms. The number of rotatable bonds is 1. The maximum absolute atomic E-state index is 11.1. The van der Waals surface area contributed by atoms with Crippen molar-refractivity contribution in [1.82, 2.24) is 4.90 Å². The zero-order valence-corrected chi connectivity index (χ0v) is 6.00. The lowest BCUT2D eigenvalue weighted by molar-refractivity contribution is -0.138. The molecule has 1 aliphatic rings. The number of likely N-dealkylation sites (N-methyl/N-ethyl adjacent to an activating group) is 1. The summed E-state index contributed by atoms with van der Waals surface area (Å²) in [6.07, 6.45) is 1.77. The molecule has 1 N–H and O–H groups in total. The summed E-state index contributed by atoms with van der Waals surface area (Å²) in [5, 5.41) is 9.43. The van der Waals surface area contributed by atoms with E-state index in [2.05, 4.69) is 6.58 Å². The lowest BCUT2D eigenvalue weighted by atomic mass is 10.0.